The van der Waals surface area contributed by atoms with E-state index in [-0.39, 0.29) is 11.3 Å². The molecular weight excluding hydrogens is 389 g/mol. The van der Waals surface area contributed by atoms with Gasteiger partial charge in [0, 0.05) is 27.4 Å². The molecule has 3 nitrogen and oxygen atoms in total. The molecule has 1 N–H and O–H groups in total. The molecule has 0 saturated carbocycles. The van der Waals surface area contributed by atoms with Crippen LogP contribution in [0.5, 0.6) is 0 Å². The van der Waals surface area contributed by atoms with Crippen LogP contribution in [-0.4, -0.2) is 11.7 Å². The van der Waals surface area contributed by atoms with Crippen molar-refractivity contribution < 1.29 is 13.6 Å². The van der Waals surface area contributed by atoms with Crippen molar-refractivity contribution in [2.45, 2.75) is 11.8 Å². The number of halogens is 4. The van der Waals surface area contributed by atoms with Gasteiger partial charge in [0.15, 0.2) is 0 Å². The minimum absolute atomic E-state index is 0.0555. The fraction of sp³-hybridized carbons (Fsp3) is 0.176. The Morgan fingerprint density at radius 3 is 2.64 bits per heavy atom. The lowest BCUT2D eigenvalue weighted by Gasteiger charge is -2.13. The van der Waals surface area contributed by atoms with E-state index in [1.54, 1.807) is 24.3 Å². The SMILES string of the molecule is N#CC(NC(=O)CSCc1ccc(Cl)cc1Cl)c1ccc(F)cc1F. The number of amides is 1. The van der Waals surface area contributed by atoms with Crippen LogP contribution < -0.4 is 5.32 Å². The van der Waals surface area contributed by atoms with Crippen molar-refractivity contribution in [2.75, 3.05) is 5.75 Å². The van der Waals surface area contributed by atoms with Gasteiger partial charge in [-0.3, -0.25) is 4.79 Å². The number of nitrogens with one attached hydrogen (secondary N) is 1. The third-order valence-electron chi connectivity index (χ3n) is 3.21. The Kier molecular flexibility index (Phi) is 7.06. The number of hydrogen-bond donors (Lipinski definition) is 1. The summed E-state index contributed by atoms with van der Waals surface area (Å²) < 4.78 is 26.6. The van der Waals surface area contributed by atoms with Crippen molar-refractivity contribution in [3.05, 3.63) is 69.2 Å². The zero-order valence-corrected chi connectivity index (χ0v) is 15.1. The van der Waals surface area contributed by atoms with Crippen molar-refractivity contribution in [3.63, 3.8) is 0 Å². The molecule has 8 heteroatoms. The molecule has 0 spiro atoms. The smallest absolute Gasteiger partial charge is 0.231 e. The first-order valence-corrected chi connectivity index (χ1v) is 8.97. The summed E-state index contributed by atoms with van der Waals surface area (Å²) in [6.45, 7) is 0. The zero-order chi connectivity index (χ0) is 18.4. The number of nitrogens with zero attached hydrogens (tertiary/aromatic N) is 1. The van der Waals surface area contributed by atoms with E-state index in [1.165, 1.54) is 11.8 Å². The number of carbonyl (C=O) groups excluding carboxylic acids is 1. The summed E-state index contributed by atoms with van der Waals surface area (Å²) in [5.41, 5.74) is 0.744. The second-order valence-corrected chi connectivity index (χ2v) is 6.85. The molecule has 0 heterocycles. The Hall–Kier alpha value is -1.81. The predicted molar refractivity (Wildman–Crippen MR) is 95.5 cm³/mol. The molecule has 0 saturated heterocycles. The van der Waals surface area contributed by atoms with Crippen LogP contribution in [-0.2, 0) is 10.5 Å². The van der Waals surface area contributed by atoms with E-state index in [0.29, 0.717) is 21.9 Å². The van der Waals surface area contributed by atoms with Crippen molar-refractivity contribution in [2.24, 2.45) is 0 Å². The molecule has 2 aromatic carbocycles. The summed E-state index contributed by atoms with van der Waals surface area (Å²) in [6.07, 6.45) is 0. The van der Waals surface area contributed by atoms with Crippen LogP contribution in [0, 0.1) is 23.0 Å². The summed E-state index contributed by atoms with van der Waals surface area (Å²) in [7, 11) is 0. The topological polar surface area (TPSA) is 52.9 Å². The molecule has 2 rings (SSSR count). The summed E-state index contributed by atoms with van der Waals surface area (Å²) in [6, 6.07) is 8.53. The van der Waals surface area contributed by atoms with Crippen molar-refractivity contribution in [3.8, 4) is 6.07 Å². The molecule has 0 aliphatic carbocycles. The normalized spacial score (nSPS) is 11.6. The highest BCUT2D eigenvalue weighted by Crippen LogP contribution is 2.25. The molecule has 0 aliphatic rings. The molecule has 0 fully saturated rings. The van der Waals surface area contributed by atoms with E-state index in [4.69, 9.17) is 28.5 Å². The maximum Gasteiger partial charge on any atom is 0.231 e. The van der Waals surface area contributed by atoms with Gasteiger partial charge in [-0.25, -0.2) is 8.78 Å². The van der Waals surface area contributed by atoms with Gasteiger partial charge < -0.3 is 5.32 Å². The lowest BCUT2D eigenvalue weighted by molar-refractivity contribution is -0.118. The number of nitriles is 1. The second kappa shape index (κ2) is 9.04. The first-order chi connectivity index (χ1) is 11.9. The van der Waals surface area contributed by atoms with Gasteiger partial charge in [0.2, 0.25) is 5.91 Å². The third-order valence-corrected chi connectivity index (χ3v) is 4.78. The minimum Gasteiger partial charge on any atom is -0.336 e. The van der Waals surface area contributed by atoms with Gasteiger partial charge in [-0.1, -0.05) is 35.3 Å². The van der Waals surface area contributed by atoms with Gasteiger partial charge in [-0.15, -0.1) is 11.8 Å². The molecule has 0 aliphatic heterocycles. The Morgan fingerprint density at radius 2 is 2.00 bits per heavy atom. The second-order valence-electron chi connectivity index (χ2n) is 5.02. The third kappa shape index (κ3) is 5.60. The lowest BCUT2D eigenvalue weighted by atomic mass is 10.1. The molecule has 2 aromatic rings. The Balaban J connectivity index is 1.91. The first kappa shape index (κ1) is 19.5. The first-order valence-electron chi connectivity index (χ1n) is 7.06. The highest BCUT2D eigenvalue weighted by molar-refractivity contribution is 7.99. The van der Waals surface area contributed by atoms with Gasteiger partial charge in [0.05, 0.1) is 11.8 Å². The Morgan fingerprint density at radius 1 is 1.24 bits per heavy atom. The van der Waals surface area contributed by atoms with Crippen LogP contribution in [0.1, 0.15) is 17.2 Å². The minimum atomic E-state index is -1.19. The molecule has 130 valence electrons. The van der Waals surface area contributed by atoms with Crippen molar-refractivity contribution in [1.82, 2.24) is 5.32 Å². The van der Waals surface area contributed by atoms with Gasteiger partial charge in [0.25, 0.3) is 0 Å². The standard InChI is InChI=1S/C17H12Cl2F2N2OS/c18-11-2-1-10(14(19)5-11)8-25-9-17(24)23-16(7-22)13-4-3-12(20)6-15(13)21/h1-6,16H,8-9H2,(H,23,24). The lowest BCUT2D eigenvalue weighted by Crippen LogP contribution is -2.29. The average molecular weight is 401 g/mol. The van der Waals surface area contributed by atoms with E-state index in [2.05, 4.69) is 5.32 Å². The number of thioether (sulfide) groups is 1. The van der Waals surface area contributed by atoms with E-state index in [1.807, 2.05) is 0 Å². The number of hydrogen-bond acceptors (Lipinski definition) is 3. The largest absolute Gasteiger partial charge is 0.336 e. The molecule has 0 bridgehead atoms. The van der Waals surface area contributed by atoms with Gasteiger partial charge in [-0.05, 0) is 23.8 Å². The summed E-state index contributed by atoms with van der Waals surface area (Å²) in [5.74, 6) is -1.54. The fourth-order valence-corrected chi connectivity index (χ4v) is 3.41. The fourth-order valence-electron chi connectivity index (χ4n) is 2.01. The quantitative estimate of drug-likeness (QED) is 0.750. The van der Waals surface area contributed by atoms with Crippen molar-refractivity contribution >= 4 is 40.9 Å². The Labute approximate surface area is 157 Å². The van der Waals surface area contributed by atoms with Gasteiger partial charge in [-0.2, -0.15) is 5.26 Å². The molecular formula is C17H12Cl2F2N2OS. The van der Waals surface area contributed by atoms with E-state index in [9.17, 15) is 13.6 Å². The van der Waals surface area contributed by atoms with E-state index in [0.717, 1.165) is 17.7 Å². The van der Waals surface area contributed by atoms with Crippen LogP contribution in [0.4, 0.5) is 8.78 Å². The van der Waals surface area contributed by atoms with E-state index >= 15 is 0 Å². The van der Waals surface area contributed by atoms with Crippen LogP contribution in [0.15, 0.2) is 36.4 Å². The maximum absolute atomic E-state index is 13.7. The van der Waals surface area contributed by atoms with Crippen LogP contribution in [0.3, 0.4) is 0 Å². The highest BCUT2D eigenvalue weighted by Gasteiger charge is 2.18. The number of benzene rings is 2. The monoisotopic (exact) mass is 400 g/mol. The predicted octanol–water partition coefficient (Wildman–Crippen LogP) is 4.89. The molecule has 1 atom stereocenters. The maximum atomic E-state index is 13.7. The molecule has 0 radical (unpaired) electrons. The van der Waals surface area contributed by atoms with Crippen molar-refractivity contribution in [1.29, 1.82) is 5.26 Å². The molecule has 1 amide bonds. The van der Waals surface area contributed by atoms with Crippen LogP contribution in [0.2, 0.25) is 10.0 Å². The number of carbonyl (C=O) groups is 1. The summed E-state index contributed by atoms with van der Waals surface area (Å²) in [5, 5.41) is 12.6. The Bertz CT molecular complexity index is 827. The van der Waals surface area contributed by atoms with Crippen LogP contribution >= 0.6 is 35.0 Å². The number of rotatable bonds is 6. The summed E-state index contributed by atoms with van der Waals surface area (Å²) in [4.78, 5) is 12.0. The summed E-state index contributed by atoms with van der Waals surface area (Å²) >= 11 is 13.1. The zero-order valence-electron chi connectivity index (χ0n) is 12.7. The van der Waals surface area contributed by atoms with E-state index < -0.39 is 23.6 Å². The van der Waals surface area contributed by atoms with Gasteiger partial charge in [0.1, 0.15) is 17.7 Å². The molecule has 25 heavy (non-hydrogen) atoms. The molecule has 1 unspecified atom stereocenters. The average Bonchev–Trinajstić information content (AvgIpc) is 2.55. The molecule has 0 aromatic heterocycles. The highest BCUT2D eigenvalue weighted by atomic mass is 35.5. The van der Waals surface area contributed by atoms with Crippen LogP contribution in [0.25, 0.3) is 0 Å². The van der Waals surface area contributed by atoms with Gasteiger partial charge >= 0.3 is 0 Å².